The molecule has 5 nitrogen and oxygen atoms in total. The molecule has 4 atom stereocenters. The molecule has 0 spiro atoms. The quantitative estimate of drug-likeness (QED) is 0.401. The second-order valence-corrected chi connectivity index (χ2v) is 9.30. The lowest BCUT2D eigenvalue weighted by Gasteiger charge is -2.23. The molecule has 2 aromatic carbocycles. The molecular formula is C24H30O5S. The van der Waals surface area contributed by atoms with Crippen LogP contribution < -0.4 is 4.74 Å². The maximum atomic E-state index is 9.52. The van der Waals surface area contributed by atoms with Gasteiger partial charge in [0, 0.05) is 17.4 Å². The minimum Gasteiger partial charge on any atom is -0.497 e. The Balaban J connectivity index is 1.23. The molecule has 30 heavy (non-hydrogen) atoms. The van der Waals surface area contributed by atoms with Gasteiger partial charge in [-0.3, -0.25) is 0 Å². The predicted molar refractivity (Wildman–Crippen MR) is 117 cm³/mol. The summed E-state index contributed by atoms with van der Waals surface area (Å²) >= 11 is 1.89. The molecule has 0 bridgehead atoms. The maximum Gasteiger partial charge on any atom is 0.147 e. The van der Waals surface area contributed by atoms with Crippen molar-refractivity contribution >= 4 is 11.8 Å². The number of methoxy groups -OCH3 is 1. The van der Waals surface area contributed by atoms with Gasteiger partial charge in [-0.1, -0.05) is 30.3 Å². The van der Waals surface area contributed by atoms with E-state index in [2.05, 4.69) is 12.1 Å². The first kappa shape index (κ1) is 21.7. The van der Waals surface area contributed by atoms with Crippen molar-refractivity contribution in [3.63, 3.8) is 0 Å². The minimum atomic E-state index is 0.0752. The second-order valence-electron chi connectivity index (χ2n) is 7.87. The van der Waals surface area contributed by atoms with Crippen LogP contribution in [-0.2, 0) is 20.8 Å². The number of benzene rings is 2. The summed E-state index contributed by atoms with van der Waals surface area (Å²) in [6.45, 7) is 1.62. The van der Waals surface area contributed by atoms with Crippen LogP contribution >= 0.6 is 11.8 Å². The summed E-state index contributed by atoms with van der Waals surface area (Å²) in [4.78, 5) is 1.22. The summed E-state index contributed by atoms with van der Waals surface area (Å²) in [6.07, 6.45) is 2.92. The minimum absolute atomic E-state index is 0.0752. The van der Waals surface area contributed by atoms with Crippen molar-refractivity contribution in [2.24, 2.45) is 5.92 Å². The molecule has 1 aliphatic heterocycles. The third-order valence-corrected chi connectivity index (χ3v) is 7.54. The van der Waals surface area contributed by atoms with E-state index in [1.54, 1.807) is 7.11 Å². The number of fused-ring (bicyclic) bond motifs is 1. The van der Waals surface area contributed by atoms with Crippen molar-refractivity contribution in [2.45, 2.75) is 47.7 Å². The van der Waals surface area contributed by atoms with Crippen molar-refractivity contribution < 1.29 is 24.1 Å². The van der Waals surface area contributed by atoms with E-state index >= 15 is 0 Å². The van der Waals surface area contributed by atoms with Gasteiger partial charge in [-0.2, -0.15) is 0 Å². The van der Waals surface area contributed by atoms with Crippen LogP contribution in [0, 0.1) is 5.92 Å². The SMILES string of the molecule is COc1ccc(S[C@@]23C[C@@H]2[C@H](CCOCOCc2ccccc2)O[C@@H]3CCO)cc1. The summed E-state index contributed by atoms with van der Waals surface area (Å²) in [5.41, 5.74) is 1.14. The lowest BCUT2D eigenvalue weighted by Crippen LogP contribution is -2.26. The monoisotopic (exact) mass is 430 g/mol. The van der Waals surface area contributed by atoms with Gasteiger partial charge in [-0.25, -0.2) is 0 Å². The number of aliphatic hydroxyl groups excluding tert-OH is 1. The molecule has 2 aromatic rings. The number of ether oxygens (including phenoxy) is 4. The molecule has 162 valence electrons. The van der Waals surface area contributed by atoms with Crippen LogP contribution in [0.15, 0.2) is 59.5 Å². The fraction of sp³-hybridized carbons (Fsp3) is 0.500. The van der Waals surface area contributed by atoms with E-state index < -0.39 is 0 Å². The van der Waals surface area contributed by atoms with E-state index in [4.69, 9.17) is 18.9 Å². The normalized spacial score (nSPS) is 27.1. The summed E-state index contributed by atoms with van der Waals surface area (Å²) in [5.74, 6) is 1.37. The molecule has 1 saturated heterocycles. The smallest absolute Gasteiger partial charge is 0.147 e. The first-order chi connectivity index (χ1) is 14.7. The highest BCUT2D eigenvalue weighted by Gasteiger charge is 2.68. The molecule has 0 amide bonds. The first-order valence-corrected chi connectivity index (χ1v) is 11.4. The molecule has 0 aromatic heterocycles. The van der Waals surface area contributed by atoms with E-state index in [-0.39, 0.29) is 30.4 Å². The van der Waals surface area contributed by atoms with E-state index in [0.717, 1.165) is 24.2 Å². The zero-order valence-corrected chi connectivity index (χ0v) is 18.2. The summed E-state index contributed by atoms with van der Waals surface area (Å²) in [7, 11) is 1.68. The highest BCUT2D eigenvalue weighted by atomic mass is 32.2. The Kier molecular flexibility index (Phi) is 7.33. The van der Waals surface area contributed by atoms with Crippen molar-refractivity contribution in [3.8, 4) is 5.75 Å². The van der Waals surface area contributed by atoms with Crippen LogP contribution in [0.3, 0.4) is 0 Å². The molecule has 0 unspecified atom stereocenters. The van der Waals surface area contributed by atoms with E-state index in [0.29, 0.717) is 25.6 Å². The lowest BCUT2D eigenvalue weighted by molar-refractivity contribution is -0.0759. The molecule has 1 heterocycles. The van der Waals surface area contributed by atoms with Gasteiger partial charge >= 0.3 is 0 Å². The highest BCUT2D eigenvalue weighted by molar-refractivity contribution is 8.01. The topological polar surface area (TPSA) is 57.2 Å². The van der Waals surface area contributed by atoms with Crippen LogP contribution in [0.25, 0.3) is 0 Å². The molecule has 1 aliphatic carbocycles. The maximum absolute atomic E-state index is 9.52. The van der Waals surface area contributed by atoms with Crippen molar-refractivity contribution in [1.29, 1.82) is 0 Å². The van der Waals surface area contributed by atoms with E-state index in [9.17, 15) is 5.11 Å². The highest BCUT2D eigenvalue weighted by Crippen LogP contribution is 2.67. The average Bonchev–Trinajstić information content (AvgIpc) is 3.43. The van der Waals surface area contributed by atoms with Crippen LogP contribution in [-0.4, -0.2) is 49.2 Å². The number of hydrogen-bond donors (Lipinski definition) is 1. The van der Waals surface area contributed by atoms with Crippen molar-refractivity contribution in [3.05, 3.63) is 60.2 Å². The number of hydrogen-bond acceptors (Lipinski definition) is 6. The first-order valence-electron chi connectivity index (χ1n) is 10.5. The Labute approximate surface area is 182 Å². The Morgan fingerprint density at radius 2 is 1.87 bits per heavy atom. The standard InChI is InChI=1S/C24H30O5S/c1-26-19-7-9-20(10-8-19)30-24-15-21(24)22(29-23(24)11-13-25)12-14-27-17-28-16-18-5-3-2-4-6-18/h2-10,21-23,25H,11-17H2,1H3/t21-,22+,23-,24+/m1/s1. The molecule has 1 N–H and O–H groups in total. The fourth-order valence-corrected chi connectivity index (χ4v) is 5.90. The number of aliphatic hydroxyl groups is 1. The van der Waals surface area contributed by atoms with Crippen molar-refractivity contribution in [1.82, 2.24) is 0 Å². The average molecular weight is 431 g/mol. The second kappa shape index (κ2) is 10.2. The summed E-state index contributed by atoms with van der Waals surface area (Å²) in [5, 5.41) is 9.52. The van der Waals surface area contributed by atoms with Crippen molar-refractivity contribution in [2.75, 3.05) is 27.1 Å². The molecule has 1 saturated carbocycles. The van der Waals surface area contributed by atoms with Gasteiger partial charge in [0.15, 0.2) is 0 Å². The van der Waals surface area contributed by atoms with E-state index in [1.165, 1.54) is 4.90 Å². The van der Waals surface area contributed by atoms with Gasteiger partial charge in [0.1, 0.15) is 12.5 Å². The molecule has 6 heteroatoms. The summed E-state index contributed by atoms with van der Waals surface area (Å²) < 4.78 is 22.9. The summed E-state index contributed by atoms with van der Waals surface area (Å²) in [6, 6.07) is 18.3. The van der Waals surface area contributed by atoms with Crippen LogP contribution in [0.1, 0.15) is 24.8 Å². The third kappa shape index (κ3) is 5.01. The van der Waals surface area contributed by atoms with Gasteiger partial charge in [0.2, 0.25) is 0 Å². The van der Waals surface area contributed by atoms with Crippen LogP contribution in [0.5, 0.6) is 5.75 Å². The Bertz CT molecular complexity index is 784. The third-order valence-electron chi connectivity index (χ3n) is 5.92. The Morgan fingerprint density at radius 1 is 1.07 bits per heavy atom. The van der Waals surface area contributed by atoms with E-state index in [1.807, 2.05) is 54.2 Å². The Hall–Kier alpha value is -1.57. The van der Waals surface area contributed by atoms with Gasteiger partial charge in [0.25, 0.3) is 0 Å². The van der Waals surface area contributed by atoms with Crippen LogP contribution in [0.4, 0.5) is 0 Å². The fourth-order valence-electron chi connectivity index (χ4n) is 4.32. The lowest BCUT2D eigenvalue weighted by atomic mass is 10.1. The Morgan fingerprint density at radius 3 is 2.60 bits per heavy atom. The zero-order valence-electron chi connectivity index (χ0n) is 17.4. The number of thioether (sulfide) groups is 1. The van der Waals surface area contributed by atoms with Gasteiger partial charge < -0.3 is 24.1 Å². The number of rotatable bonds is 12. The molecule has 4 rings (SSSR count). The largest absolute Gasteiger partial charge is 0.497 e. The van der Waals surface area contributed by atoms with Crippen LogP contribution in [0.2, 0.25) is 0 Å². The van der Waals surface area contributed by atoms with Gasteiger partial charge in [0.05, 0.1) is 37.3 Å². The molecule has 0 radical (unpaired) electrons. The zero-order chi connectivity index (χ0) is 20.8. The molecule has 2 aliphatic rings. The van der Waals surface area contributed by atoms with Gasteiger partial charge in [-0.15, -0.1) is 11.8 Å². The van der Waals surface area contributed by atoms with Gasteiger partial charge in [-0.05, 0) is 49.1 Å². The molecule has 2 fully saturated rings. The molecular weight excluding hydrogens is 400 g/mol. The predicted octanol–water partition coefficient (Wildman–Crippen LogP) is 4.28.